The average Bonchev–Trinajstić information content (AvgIpc) is 3.66. The molecule has 2 atom stereocenters. The molecule has 2 saturated carbocycles. The van der Waals surface area contributed by atoms with Gasteiger partial charge in [-0.25, -0.2) is 14.4 Å². The number of rotatable bonds is 10. The molecule has 2 N–H and O–H groups in total. The summed E-state index contributed by atoms with van der Waals surface area (Å²) in [6, 6.07) is 11.0. The molecule has 3 amide bonds. The van der Waals surface area contributed by atoms with Gasteiger partial charge in [-0.3, -0.25) is 29.7 Å². The number of aromatic nitrogens is 4. The van der Waals surface area contributed by atoms with Crippen molar-refractivity contribution in [1.82, 2.24) is 35.3 Å². The fourth-order valence-corrected chi connectivity index (χ4v) is 10.1. The molecule has 5 fully saturated rings. The number of fused-ring (bicyclic) bond motifs is 2. The number of benzene rings is 2. The maximum Gasteiger partial charge on any atom is 0.255 e. The number of anilines is 2. The van der Waals surface area contributed by atoms with E-state index in [0.29, 0.717) is 41.9 Å². The fraction of sp³-hybridized carbons (Fsp3) is 0.556. The Labute approximate surface area is 349 Å². The molecule has 2 aromatic heterocycles. The summed E-state index contributed by atoms with van der Waals surface area (Å²) in [6.07, 6.45) is 11.1. The van der Waals surface area contributed by atoms with Crippen molar-refractivity contribution in [1.29, 1.82) is 0 Å². The number of piperidine rings is 2. The number of hydrogen-bond acceptors (Lipinski definition) is 11. The van der Waals surface area contributed by atoms with Crippen LogP contribution in [0.4, 0.5) is 15.9 Å². The lowest BCUT2D eigenvalue weighted by Gasteiger charge is -2.43. The highest BCUT2D eigenvalue weighted by molar-refractivity contribution is 6.05. The quantitative estimate of drug-likeness (QED) is 0.193. The molecule has 0 bridgehead atoms. The molecule has 3 saturated heterocycles. The molecule has 14 nitrogen and oxygen atoms in total. The number of nitrogens with zero attached hydrogens (tertiary/aromatic N) is 7. The Kier molecular flexibility index (Phi) is 10.2. The second-order valence-corrected chi connectivity index (χ2v) is 18.2. The molecule has 1 unspecified atom stereocenters. The summed E-state index contributed by atoms with van der Waals surface area (Å²) in [5, 5.41) is 11.1. The lowest BCUT2D eigenvalue weighted by molar-refractivity contribution is -0.136. The van der Waals surface area contributed by atoms with Crippen molar-refractivity contribution in [3.05, 3.63) is 59.7 Å². The van der Waals surface area contributed by atoms with Crippen LogP contribution < -0.4 is 19.9 Å². The van der Waals surface area contributed by atoms with E-state index in [1.54, 1.807) is 18.5 Å². The van der Waals surface area contributed by atoms with Crippen molar-refractivity contribution in [2.24, 2.45) is 5.92 Å². The summed E-state index contributed by atoms with van der Waals surface area (Å²) in [5.41, 5.74) is 3.65. The molecule has 0 spiro atoms. The maximum atomic E-state index is 16.1. The molecule has 4 aromatic rings. The third kappa shape index (κ3) is 7.70. The van der Waals surface area contributed by atoms with E-state index in [9.17, 15) is 14.4 Å². The Morgan fingerprint density at radius 1 is 0.900 bits per heavy atom. The van der Waals surface area contributed by atoms with Crippen molar-refractivity contribution < 1.29 is 28.2 Å². The van der Waals surface area contributed by atoms with Gasteiger partial charge in [0.05, 0.1) is 35.7 Å². The predicted molar refractivity (Wildman–Crippen MR) is 223 cm³/mol. The van der Waals surface area contributed by atoms with Crippen LogP contribution in [-0.4, -0.2) is 117 Å². The van der Waals surface area contributed by atoms with Crippen LogP contribution in [-0.2, 0) is 20.9 Å². The monoisotopic (exact) mass is 819 g/mol. The number of halogens is 1. The number of amides is 3. The van der Waals surface area contributed by atoms with Gasteiger partial charge in [-0.2, -0.15) is 5.10 Å². The Hall–Kier alpha value is -5.15. The number of H-pyrrole nitrogens is 1. The van der Waals surface area contributed by atoms with Crippen molar-refractivity contribution in [3.63, 3.8) is 0 Å². The molecule has 60 heavy (non-hydrogen) atoms. The van der Waals surface area contributed by atoms with Gasteiger partial charge in [0, 0.05) is 74.3 Å². The third-order valence-electron chi connectivity index (χ3n) is 13.9. The molecular weight excluding hydrogens is 766 g/mol. The van der Waals surface area contributed by atoms with Gasteiger partial charge in [-0.05, 0) is 108 Å². The molecule has 6 aliphatic rings. The number of nitrogens with one attached hydrogen (secondary N) is 2. The largest absolute Gasteiger partial charge is 0.488 e. The van der Waals surface area contributed by atoms with Crippen molar-refractivity contribution >= 4 is 40.1 Å². The number of imide groups is 1. The fourth-order valence-electron chi connectivity index (χ4n) is 10.1. The van der Waals surface area contributed by atoms with Crippen LogP contribution in [0.1, 0.15) is 94.0 Å². The SMILES string of the molecule is C[C@H]1CN(c2ccc3c(c2F)CN(C2CCC(=O)NC2=O)C3=O)CCN1C[C@H]1CC[C@H](OC2CCN(c3cc(-c4n[nH]c5ccc(OC6(C)CC6)cc45)ncn3)CC2)CC1. The zero-order valence-electron chi connectivity index (χ0n) is 34.5. The van der Waals surface area contributed by atoms with Crippen LogP contribution in [0.2, 0.25) is 0 Å². The van der Waals surface area contributed by atoms with E-state index < -0.39 is 11.9 Å². The summed E-state index contributed by atoms with van der Waals surface area (Å²) in [6.45, 7) is 9.44. The molecule has 6 heterocycles. The Morgan fingerprint density at radius 3 is 2.47 bits per heavy atom. The van der Waals surface area contributed by atoms with E-state index in [0.717, 1.165) is 111 Å². The van der Waals surface area contributed by atoms with E-state index in [-0.39, 0.29) is 54.8 Å². The van der Waals surface area contributed by atoms with Gasteiger partial charge in [0.25, 0.3) is 5.91 Å². The second-order valence-electron chi connectivity index (χ2n) is 18.2. The first kappa shape index (κ1) is 39.0. The first-order chi connectivity index (χ1) is 29.1. The maximum absolute atomic E-state index is 16.1. The number of hydrogen-bond donors (Lipinski definition) is 2. The minimum absolute atomic E-state index is 0.0352. The zero-order valence-corrected chi connectivity index (χ0v) is 34.5. The van der Waals surface area contributed by atoms with E-state index >= 15 is 4.39 Å². The molecule has 4 aliphatic heterocycles. The standard InChI is InChI=1S/C45H54FN9O5/c1-27-23-54(37-10-8-32-34(41(37)46)25-55(44(32)58)38-11-12-40(56)49-43(38)57)20-19-53(27)24-28-3-5-29(6-4-28)59-30-13-17-52(18-14-30)39-22-36(47-26-48-39)42-33-21-31(60-45(2)15-16-45)7-9-35(33)50-51-42/h7-10,21-22,26-30,38H,3-6,11-20,23-25H2,1-2H3,(H,50,51)(H,49,56,57)/t27-,28-,29-,38?/m0/s1. The van der Waals surface area contributed by atoms with E-state index in [2.05, 4.69) is 60.1 Å². The highest BCUT2D eigenvalue weighted by atomic mass is 19.1. The van der Waals surface area contributed by atoms with Crippen LogP contribution in [0.5, 0.6) is 5.75 Å². The zero-order chi connectivity index (χ0) is 41.1. The minimum Gasteiger partial charge on any atom is -0.488 e. The highest BCUT2D eigenvalue weighted by Crippen LogP contribution is 2.41. The number of piperazine rings is 1. The summed E-state index contributed by atoms with van der Waals surface area (Å²) in [7, 11) is 0. The van der Waals surface area contributed by atoms with E-state index in [4.69, 9.17) is 9.47 Å². The van der Waals surface area contributed by atoms with Gasteiger partial charge in [-0.15, -0.1) is 0 Å². The molecule has 15 heteroatoms. The lowest BCUT2D eigenvalue weighted by atomic mass is 9.86. The Bertz CT molecular complexity index is 2300. The van der Waals surface area contributed by atoms with Gasteiger partial charge >= 0.3 is 0 Å². The number of aromatic amines is 1. The number of carbonyl (C=O) groups is 3. The summed E-state index contributed by atoms with van der Waals surface area (Å²) in [5.74, 6) is 0.809. The number of carbonyl (C=O) groups excluding carboxylic acids is 3. The van der Waals surface area contributed by atoms with Crippen LogP contribution in [0.3, 0.4) is 0 Å². The predicted octanol–water partition coefficient (Wildman–Crippen LogP) is 5.61. The van der Waals surface area contributed by atoms with E-state index in [1.165, 1.54) is 4.90 Å². The highest BCUT2D eigenvalue weighted by Gasteiger charge is 2.42. The molecule has 2 aromatic carbocycles. The van der Waals surface area contributed by atoms with Crippen molar-refractivity contribution in [2.75, 3.05) is 49.1 Å². The van der Waals surface area contributed by atoms with Gasteiger partial charge in [0.2, 0.25) is 11.8 Å². The molecule has 10 rings (SSSR count). The normalized spacial score (nSPS) is 26.1. The Balaban J connectivity index is 0.678. The summed E-state index contributed by atoms with van der Waals surface area (Å²) < 4.78 is 29.0. The number of ether oxygens (including phenoxy) is 2. The van der Waals surface area contributed by atoms with E-state index in [1.807, 2.05) is 18.2 Å². The molecule has 316 valence electrons. The Morgan fingerprint density at radius 2 is 1.70 bits per heavy atom. The van der Waals surface area contributed by atoms with Crippen LogP contribution in [0, 0.1) is 11.7 Å². The lowest BCUT2D eigenvalue weighted by Crippen LogP contribution is -2.53. The van der Waals surface area contributed by atoms with Crippen LogP contribution in [0.15, 0.2) is 42.7 Å². The molecule has 0 radical (unpaired) electrons. The second kappa shape index (κ2) is 15.7. The topological polar surface area (TPSA) is 149 Å². The van der Waals surface area contributed by atoms with Gasteiger partial charge in [0.15, 0.2) is 5.82 Å². The van der Waals surface area contributed by atoms with Crippen LogP contribution >= 0.6 is 0 Å². The molecule has 2 aliphatic carbocycles. The summed E-state index contributed by atoms with van der Waals surface area (Å²) >= 11 is 0. The van der Waals surface area contributed by atoms with Crippen molar-refractivity contribution in [3.8, 4) is 17.1 Å². The van der Waals surface area contributed by atoms with Crippen LogP contribution in [0.25, 0.3) is 22.3 Å². The first-order valence-electron chi connectivity index (χ1n) is 21.9. The van der Waals surface area contributed by atoms with Gasteiger partial charge in [-0.1, -0.05) is 0 Å². The summed E-state index contributed by atoms with van der Waals surface area (Å²) in [4.78, 5) is 54.9. The van der Waals surface area contributed by atoms with Gasteiger partial charge in [0.1, 0.15) is 35.2 Å². The smallest absolute Gasteiger partial charge is 0.255 e. The minimum atomic E-state index is -0.763. The van der Waals surface area contributed by atoms with Crippen molar-refractivity contribution in [2.45, 2.75) is 114 Å². The average molecular weight is 820 g/mol. The van der Waals surface area contributed by atoms with Gasteiger partial charge < -0.3 is 24.2 Å². The third-order valence-corrected chi connectivity index (χ3v) is 13.9. The first-order valence-corrected chi connectivity index (χ1v) is 21.9. The molecular formula is C45H54FN9O5.